The molecule has 5 nitrogen and oxygen atoms in total. The molecule has 0 aliphatic rings. The Morgan fingerprint density at radius 1 is 1.00 bits per heavy atom. The number of ether oxygens (including phenoxy) is 1. The number of fused-ring (bicyclic) bond motifs is 2. The Kier molecular flexibility index (Phi) is 3.62. The van der Waals surface area contributed by atoms with E-state index in [0.717, 1.165) is 39.3 Å². The second-order valence-corrected chi connectivity index (χ2v) is 6.40. The molecule has 2 aromatic heterocycles. The second-order valence-electron chi connectivity index (χ2n) is 6.40. The molecule has 4 rings (SSSR count). The third-order valence-corrected chi connectivity index (χ3v) is 4.79. The van der Waals surface area contributed by atoms with Crippen molar-refractivity contribution in [1.82, 2.24) is 14.5 Å². The number of aryl methyl sites for hydroxylation is 2. The van der Waals surface area contributed by atoms with Crippen molar-refractivity contribution in [2.24, 2.45) is 0 Å². The van der Waals surface area contributed by atoms with Crippen LogP contribution in [0, 0.1) is 32.1 Å². The van der Waals surface area contributed by atoms with E-state index in [1.807, 2.05) is 61.7 Å². The van der Waals surface area contributed by atoms with Gasteiger partial charge in [-0.1, -0.05) is 18.2 Å². The highest BCUT2D eigenvalue weighted by molar-refractivity contribution is 5.91. The molecule has 0 amide bonds. The summed E-state index contributed by atoms with van der Waals surface area (Å²) in [6, 6.07) is 14.1. The van der Waals surface area contributed by atoms with Gasteiger partial charge in [0.15, 0.2) is 5.65 Å². The van der Waals surface area contributed by atoms with E-state index in [1.165, 1.54) is 0 Å². The first-order chi connectivity index (χ1) is 12.5. The molecule has 4 aromatic rings. The van der Waals surface area contributed by atoms with Crippen molar-refractivity contribution in [2.45, 2.75) is 20.8 Å². The molecular formula is C21H18N4O. The molecule has 26 heavy (non-hydrogen) atoms. The fourth-order valence-corrected chi connectivity index (χ4v) is 3.36. The zero-order valence-electron chi connectivity index (χ0n) is 15.2. The van der Waals surface area contributed by atoms with Crippen LogP contribution in [0.2, 0.25) is 0 Å². The highest BCUT2D eigenvalue weighted by Gasteiger charge is 2.20. The van der Waals surface area contributed by atoms with E-state index in [2.05, 4.69) is 6.07 Å². The first kappa shape index (κ1) is 16.1. The monoisotopic (exact) mass is 342 g/mol. The quantitative estimate of drug-likeness (QED) is 0.542. The molecule has 0 aliphatic heterocycles. The Labute approximate surface area is 151 Å². The van der Waals surface area contributed by atoms with Gasteiger partial charge in [-0.3, -0.25) is 4.57 Å². The van der Waals surface area contributed by atoms with Crippen LogP contribution in [0.1, 0.15) is 22.4 Å². The Morgan fingerprint density at radius 2 is 1.81 bits per heavy atom. The Hall–Kier alpha value is -3.39. The number of aromatic nitrogens is 3. The van der Waals surface area contributed by atoms with Crippen molar-refractivity contribution in [3.05, 3.63) is 58.8 Å². The maximum absolute atomic E-state index is 9.72. The summed E-state index contributed by atoms with van der Waals surface area (Å²) in [7, 11) is 1.65. The van der Waals surface area contributed by atoms with Crippen molar-refractivity contribution >= 4 is 22.2 Å². The van der Waals surface area contributed by atoms with Crippen LogP contribution < -0.4 is 4.74 Å². The smallest absolute Gasteiger partial charge is 0.165 e. The Balaban J connectivity index is 2.18. The average Bonchev–Trinajstić information content (AvgIpc) is 2.91. The minimum absolute atomic E-state index is 0.554. The highest BCUT2D eigenvalue weighted by Crippen LogP contribution is 2.31. The largest absolute Gasteiger partial charge is 0.497 e. The van der Waals surface area contributed by atoms with Crippen LogP contribution in [-0.4, -0.2) is 21.6 Å². The van der Waals surface area contributed by atoms with Crippen molar-refractivity contribution in [3.63, 3.8) is 0 Å². The lowest BCUT2D eigenvalue weighted by atomic mass is 10.2. The molecule has 0 spiro atoms. The summed E-state index contributed by atoms with van der Waals surface area (Å²) in [5.74, 6) is 0.760. The molecule has 0 N–H and O–H groups in total. The molecule has 128 valence electrons. The molecule has 0 atom stereocenters. The summed E-state index contributed by atoms with van der Waals surface area (Å²) in [4.78, 5) is 9.64. The number of nitrogens with zero attached hydrogens (tertiary/aromatic N) is 4. The molecule has 0 bridgehead atoms. The molecule has 0 unspecified atom stereocenters. The van der Waals surface area contributed by atoms with Crippen LogP contribution in [0.4, 0.5) is 0 Å². The molecule has 0 aliphatic carbocycles. The standard InChI is InChI=1S/C21H18N4O/c1-12-8-9-15(26-4)10-18(12)25-14(3)16(11-22)20-21(25)24-19-13(2)6-5-7-17(19)23-20/h5-10H,1-4H3. The number of nitriles is 1. The number of hydrogen-bond acceptors (Lipinski definition) is 4. The van der Waals surface area contributed by atoms with Gasteiger partial charge >= 0.3 is 0 Å². The zero-order valence-corrected chi connectivity index (χ0v) is 15.2. The molecule has 5 heteroatoms. The number of rotatable bonds is 2. The van der Waals surface area contributed by atoms with Gasteiger partial charge in [-0.05, 0) is 44.0 Å². The van der Waals surface area contributed by atoms with Gasteiger partial charge in [-0.2, -0.15) is 5.26 Å². The summed E-state index contributed by atoms with van der Waals surface area (Å²) in [6.07, 6.45) is 0. The van der Waals surface area contributed by atoms with Crippen molar-refractivity contribution in [3.8, 4) is 17.5 Å². The van der Waals surface area contributed by atoms with E-state index in [-0.39, 0.29) is 0 Å². The van der Waals surface area contributed by atoms with E-state index in [1.54, 1.807) is 7.11 Å². The minimum atomic E-state index is 0.554. The van der Waals surface area contributed by atoms with Gasteiger partial charge in [-0.15, -0.1) is 0 Å². The molecule has 2 aromatic carbocycles. The lowest BCUT2D eigenvalue weighted by molar-refractivity contribution is 0.414. The number of hydrogen-bond donors (Lipinski definition) is 0. The van der Waals surface area contributed by atoms with E-state index in [4.69, 9.17) is 14.7 Å². The number of benzene rings is 2. The fourth-order valence-electron chi connectivity index (χ4n) is 3.36. The maximum Gasteiger partial charge on any atom is 0.165 e. The molecule has 0 fully saturated rings. The molecule has 2 heterocycles. The molecule has 0 radical (unpaired) electrons. The van der Waals surface area contributed by atoms with Crippen molar-refractivity contribution in [2.75, 3.05) is 7.11 Å². The minimum Gasteiger partial charge on any atom is -0.497 e. The third-order valence-electron chi connectivity index (χ3n) is 4.79. The number of methoxy groups -OCH3 is 1. The van der Waals surface area contributed by atoms with Crippen molar-refractivity contribution in [1.29, 1.82) is 5.26 Å². The van der Waals surface area contributed by atoms with Crippen LogP contribution in [0.3, 0.4) is 0 Å². The van der Waals surface area contributed by atoms with E-state index in [0.29, 0.717) is 16.7 Å². The second kappa shape index (κ2) is 5.85. The molecular weight excluding hydrogens is 324 g/mol. The number of para-hydroxylation sites is 1. The van der Waals surface area contributed by atoms with Gasteiger partial charge in [-0.25, -0.2) is 9.97 Å². The summed E-state index contributed by atoms with van der Waals surface area (Å²) in [5, 5.41) is 9.72. The Morgan fingerprint density at radius 3 is 2.54 bits per heavy atom. The predicted molar refractivity (Wildman–Crippen MR) is 102 cm³/mol. The van der Waals surface area contributed by atoms with Crippen LogP contribution in [0.25, 0.3) is 27.9 Å². The summed E-state index contributed by atoms with van der Waals surface area (Å²) >= 11 is 0. The topological polar surface area (TPSA) is 63.7 Å². The van der Waals surface area contributed by atoms with Gasteiger partial charge < -0.3 is 4.74 Å². The van der Waals surface area contributed by atoms with Gasteiger partial charge in [0.2, 0.25) is 0 Å². The van der Waals surface area contributed by atoms with Crippen LogP contribution in [0.15, 0.2) is 36.4 Å². The lowest BCUT2D eigenvalue weighted by Gasteiger charge is -2.13. The normalized spacial score (nSPS) is 11.0. The van der Waals surface area contributed by atoms with E-state index >= 15 is 0 Å². The van der Waals surface area contributed by atoms with E-state index in [9.17, 15) is 5.26 Å². The zero-order chi connectivity index (χ0) is 18.4. The molecule has 0 saturated carbocycles. The predicted octanol–water partition coefficient (Wildman–Crippen LogP) is 4.38. The Bertz CT molecular complexity index is 1210. The van der Waals surface area contributed by atoms with Gasteiger partial charge in [0.05, 0.1) is 23.8 Å². The summed E-state index contributed by atoms with van der Waals surface area (Å²) < 4.78 is 7.40. The third kappa shape index (κ3) is 2.23. The first-order valence-corrected chi connectivity index (χ1v) is 8.38. The van der Waals surface area contributed by atoms with Crippen LogP contribution in [-0.2, 0) is 0 Å². The maximum atomic E-state index is 9.72. The summed E-state index contributed by atoms with van der Waals surface area (Å²) in [5.41, 5.74) is 7.42. The van der Waals surface area contributed by atoms with Gasteiger partial charge in [0.1, 0.15) is 22.9 Å². The van der Waals surface area contributed by atoms with Crippen LogP contribution >= 0.6 is 0 Å². The lowest BCUT2D eigenvalue weighted by Crippen LogP contribution is -2.02. The van der Waals surface area contributed by atoms with Crippen molar-refractivity contribution < 1.29 is 4.74 Å². The highest BCUT2D eigenvalue weighted by atomic mass is 16.5. The van der Waals surface area contributed by atoms with Gasteiger partial charge in [0.25, 0.3) is 0 Å². The van der Waals surface area contributed by atoms with Gasteiger partial charge in [0, 0.05) is 11.8 Å². The molecule has 0 saturated heterocycles. The first-order valence-electron chi connectivity index (χ1n) is 8.38. The van der Waals surface area contributed by atoms with E-state index < -0.39 is 0 Å². The van der Waals surface area contributed by atoms with Crippen LogP contribution in [0.5, 0.6) is 5.75 Å². The summed E-state index contributed by atoms with van der Waals surface area (Å²) in [6.45, 7) is 5.98. The SMILES string of the molecule is COc1ccc(C)c(-n2c(C)c(C#N)c3nc4cccc(C)c4nc32)c1. The average molecular weight is 342 g/mol. The fraction of sp³-hybridized carbons (Fsp3) is 0.190.